The number of carbonyl (C=O) groups is 3. The number of hydrogen-bond acceptors (Lipinski definition) is 5. The summed E-state index contributed by atoms with van der Waals surface area (Å²) in [5.74, 6) is -0.579. The maximum atomic E-state index is 13.7. The second kappa shape index (κ2) is 11.6. The number of ether oxygens (including phenoxy) is 1. The molecule has 8 nitrogen and oxygen atoms in total. The molecule has 0 saturated heterocycles. The van der Waals surface area contributed by atoms with Crippen molar-refractivity contribution < 1.29 is 23.5 Å². The lowest BCUT2D eigenvalue weighted by molar-refractivity contribution is -0.126. The van der Waals surface area contributed by atoms with Gasteiger partial charge in [-0.25, -0.2) is 0 Å². The van der Waals surface area contributed by atoms with Gasteiger partial charge in [-0.2, -0.15) is 0 Å². The summed E-state index contributed by atoms with van der Waals surface area (Å²) in [6.45, 7) is 1.64. The molecule has 0 bridgehead atoms. The number of anilines is 1. The van der Waals surface area contributed by atoms with E-state index in [1.54, 1.807) is 37.4 Å². The van der Waals surface area contributed by atoms with Crippen LogP contribution in [0.15, 0.2) is 71.3 Å². The van der Waals surface area contributed by atoms with E-state index < -0.39 is 17.9 Å². The van der Waals surface area contributed by atoms with Crippen molar-refractivity contribution in [3.8, 4) is 5.75 Å². The minimum atomic E-state index is -0.939. The Morgan fingerprint density at radius 3 is 2.47 bits per heavy atom. The predicted molar refractivity (Wildman–Crippen MR) is 136 cm³/mol. The van der Waals surface area contributed by atoms with Crippen molar-refractivity contribution in [1.29, 1.82) is 0 Å². The summed E-state index contributed by atoms with van der Waals surface area (Å²) in [6, 6.07) is 16.8. The summed E-state index contributed by atoms with van der Waals surface area (Å²) in [6.07, 6.45) is 5.35. The number of rotatable bonds is 9. The van der Waals surface area contributed by atoms with Gasteiger partial charge < -0.3 is 19.8 Å². The highest BCUT2D eigenvalue weighted by Crippen LogP contribution is 2.31. The van der Waals surface area contributed by atoms with E-state index in [0.717, 1.165) is 31.2 Å². The Morgan fingerprint density at radius 2 is 1.81 bits per heavy atom. The zero-order chi connectivity index (χ0) is 25.5. The number of benzene rings is 2. The van der Waals surface area contributed by atoms with Crippen LogP contribution < -0.4 is 20.3 Å². The molecule has 1 atom stereocenters. The number of methoxy groups -OCH3 is 1. The van der Waals surface area contributed by atoms with E-state index in [2.05, 4.69) is 10.6 Å². The van der Waals surface area contributed by atoms with Crippen LogP contribution in [0, 0.1) is 6.92 Å². The van der Waals surface area contributed by atoms with E-state index in [0.29, 0.717) is 17.0 Å². The highest BCUT2D eigenvalue weighted by Gasteiger charge is 2.34. The van der Waals surface area contributed by atoms with Crippen molar-refractivity contribution >= 4 is 23.4 Å². The number of nitrogens with one attached hydrogen (secondary N) is 2. The van der Waals surface area contributed by atoms with E-state index in [1.807, 2.05) is 31.2 Å². The topological polar surface area (TPSA) is 101 Å². The molecular weight excluding hydrogens is 458 g/mol. The van der Waals surface area contributed by atoms with Crippen molar-refractivity contribution in [2.24, 2.45) is 0 Å². The molecule has 36 heavy (non-hydrogen) atoms. The number of aryl methyl sites for hydroxylation is 1. The number of hydrogen-bond donors (Lipinski definition) is 2. The van der Waals surface area contributed by atoms with E-state index in [9.17, 15) is 14.4 Å². The molecule has 3 amide bonds. The van der Waals surface area contributed by atoms with Gasteiger partial charge in [-0.1, -0.05) is 48.7 Å². The second-order valence-electron chi connectivity index (χ2n) is 8.93. The summed E-state index contributed by atoms with van der Waals surface area (Å²) in [7, 11) is 1.54. The maximum absolute atomic E-state index is 13.7. The van der Waals surface area contributed by atoms with Gasteiger partial charge in [0, 0.05) is 17.8 Å². The van der Waals surface area contributed by atoms with Crippen LogP contribution in [0.25, 0.3) is 0 Å². The van der Waals surface area contributed by atoms with Crippen molar-refractivity contribution in [1.82, 2.24) is 10.6 Å². The molecule has 1 aliphatic carbocycles. The van der Waals surface area contributed by atoms with E-state index in [1.165, 1.54) is 17.2 Å². The van der Waals surface area contributed by atoms with Gasteiger partial charge in [0.1, 0.15) is 11.8 Å². The smallest absolute Gasteiger partial charge is 0.287 e. The summed E-state index contributed by atoms with van der Waals surface area (Å²) in [5.41, 5.74) is 2.20. The first-order chi connectivity index (χ1) is 17.5. The lowest BCUT2D eigenvalue weighted by Gasteiger charge is -2.32. The highest BCUT2D eigenvalue weighted by atomic mass is 16.5. The van der Waals surface area contributed by atoms with Crippen LogP contribution >= 0.6 is 0 Å². The molecule has 1 aromatic heterocycles. The van der Waals surface area contributed by atoms with E-state index in [4.69, 9.17) is 9.15 Å². The van der Waals surface area contributed by atoms with E-state index >= 15 is 0 Å². The quantitative estimate of drug-likeness (QED) is 0.470. The van der Waals surface area contributed by atoms with Crippen LogP contribution in [0.2, 0.25) is 0 Å². The standard InChI is InChI=1S/C28H31N3O5/c1-19-12-14-20(15-13-19)26(28(34)30-21-7-3-4-8-21)31(22-9-5-10-23(17-22)35-2)25(32)18-29-27(33)24-11-6-16-36-24/h5-6,9-17,21,26H,3-4,7-8,18H2,1-2H3,(H,29,33)(H,30,34)/t26-/m1/s1. The van der Waals surface area contributed by atoms with Gasteiger partial charge in [-0.05, 0) is 49.6 Å². The lowest BCUT2D eigenvalue weighted by atomic mass is 10.0. The zero-order valence-electron chi connectivity index (χ0n) is 20.5. The molecule has 1 heterocycles. The van der Waals surface area contributed by atoms with Crippen LogP contribution in [-0.2, 0) is 9.59 Å². The van der Waals surface area contributed by atoms with Gasteiger partial charge in [-0.3, -0.25) is 19.3 Å². The number of furan rings is 1. The van der Waals surface area contributed by atoms with Gasteiger partial charge in [0.2, 0.25) is 11.8 Å². The molecule has 1 aliphatic rings. The summed E-state index contributed by atoms with van der Waals surface area (Å²) < 4.78 is 10.5. The first kappa shape index (κ1) is 25.0. The highest BCUT2D eigenvalue weighted by molar-refractivity contribution is 6.04. The SMILES string of the molecule is COc1cccc(N(C(=O)CNC(=O)c2ccco2)[C@@H](C(=O)NC2CCCC2)c2ccc(C)cc2)c1. The molecule has 0 unspecified atom stereocenters. The third-order valence-corrected chi connectivity index (χ3v) is 6.35. The first-order valence-electron chi connectivity index (χ1n) is 12.1. The van der Waals surface area contributed by atoms with Crippen LogP contribution in [-0.4, -0.2) is 37.4 Å². The summed E-state index contributed by atoms with van der Waals surface area (Å²) in [5, 5.41) is 5.75. The van der Waals surface area contributed by atoms with Gasteiger partial charge in [0.15, 0.2) is 5.76 Å². The molecule has 1 fully saturated rings. The van der Waals surface area contributed by atoms with Crippen molar-refractivity contribution in [3.63, 3.8) is 0 Å². The third kappa shape index (κ3) is 5.94. The Labute approximate surface area is 210 Å². The molecule has 2 N–H and O–H groups in total. The Hall–Kier alpha value is -4.07. The molecule has 8 heteroatoms. The normalized spacial score (nSPS) is 14.2. The number of carbonyl (C=O) groups excluding carboxylic acids is 3. The minimum Gasteiger partial charge on any atom is -0.497 e. The molecule has 3 aromatic rings. The van der Waals surface area contributed by atoms with Gasteiger partial charge in [0.05, 0.1) is 19.9 Å². The first-order valence-corrected chi connectivity index (χ1v) is 12.1. The van der Waals surface area contributed by atoms with Crippen molar-refractivity contribution in [2.45, 2.75) is 44.7 Å². The number of nitrogens with zero attached hydrogens (tertiary/aromatic N) is 1. The molecule has 0 aliphatic heterocycles. The van der Waals surface area contributed by atoms with Gasteiger partial charge >= 0.3 is 0 Å². The fourth-order valence-electron chi connectivity index (χ4n) is 4.45. The van der Waals surface area contributed by atoms with Gasteiger partial charge in [0.25, 0.3) is 5.91 Å². The predicted octanol–water partition coefficient (Wildman–Crippen LogP) is 4.16. The Morgan fingerprint density at radius 1 is 1.06 bits per heavy atom. The third-order valence-electron chi connectivity index (χ3n) is 6.35. The Kier molecular flexibility index (Phi) is 8.05. The molecule has 0 radical (unpaired) electrons. The molecular formula is C28H31N3O5. The maximum Gasteiger partial charge on any atom is 0.287 e. The van der Waals surface area contributed by atoms with Crippen LogP contribution in [0.1, 0.15) is 53.4 Å². The fraction of sp³-hybridized carbons (Fsp3) is 0.321. The van der Waals surface area contributed by atoms with Crippen LogP contribution in [0.3, 0.4) is 0 Å². The Bertz CT molecular complexity index is 1180. The summed E-state index contributed by atoms with van der Waals surface area (Å²) >= 11 is 0. The molecule has 1 saturated carbocycles. The van der Waals surface area contributed by atoms with Crippen LogP contribution in [0.5, 0.6) is 5.75 Å². The van der Waals surface area contributed by atoms with Gasteiger partial charge in [-0.15, -0.1) is 0 Å². The monoisotopic (exact) mass is 489 g/mol. The summed E-state index contributed by atoms with van der Waals surface area (Å²) in [4.78, 5) is 41.3. The average molecular weight is 490 g/mol. The zero-order valence-corrected chi connectivity index (χ0v) is 20.5. The van der Waals surface area contributed by atoms with Crippen LogP contribution in [0.4, 0.5) is 5.69 Å². The van der Waals surface area contributed by atoms with E-state index in [-0.39, 0.29) is 24.3 Å². The Balaban J connectivity index is 1.70. The average Bonchev–Trinajstić information content (AvgIpc) is 3.61. The fourth-order valence-corrected chi connectivity index (χ4v) is 4.45. The lowest BCUT2D eigenvalue weighted by Crippen LogP contribution is -2.49. The molecule has 2 aromatic carbocycles. The molecule has 0 spiro atoms. The molecule has 4 rings (SSSR count). The second-order valence-corrected chi connectivity index (χ2v) is 8.93. The van der Waals surface area contributed by atoms with Crippen molar-refractivity contribution in [2.75, 3.05) is 18.6 Å². The number of amides is 3. The van der Waals surface area contributed by atoms with Crippen molar-refractivity contribution in [3.05, 3.63) is 83.8 Å². The minimum absolute atomic E-state index is 0.0753. The largest absolute Gasteiger partial charge is 0.497 e. The molecule has 188 valence electrons.